The average Bonchev–Trinajstić information content (AvgIpc) is 2.73. The maximum atomic E-state index is 13.0. The van der Waals surface area contributed by atoms with Crippen LogP contribution in [0.5, 0.6) is 0 Å². The second-order valence-corrected chi connectivity index (χ2v) is 6.83. The summed E-state index contributed by atoms with van der Waals surface area (Å²) in [6.07, 6.45) is 0. The molecule has 0 bridgehead atoms. The topological polar surface area (TPSA) is 62.0 Å². The molecule has 1 heterocycles. The number of amides is 1. The van der Waals surface area contributed by atoms with Gasteiger partial charge in [0.25, 0.3) is 11.5 Å². The molecule has 138 valence electrons. The predicted molar refractivity (Wildman–Crippen MR) is 111 cm³/mol. The minimum atomic E-state index is -0.322. The van der Waals surface area contributed by atoms with Crippen molar-refractivity contribution in [3.63, 3.8) is 0 Å². The molecule has 1 atom stereocenters. The largest absolute Gasteiger partial charge is 0.340 e. The van der Waals surface area contributed by atoms with Crippen LogP contribution < -0.4 is 10.9 Å². The van der Waals surface area contributed by atoms with E-state index in [-0.39, 0.29) is 23.2 Å². The lowest BCUT2D eigenvalue weighted by atomic mass is 9.97. The maximum absolute atomic E-state index is 13.0. The SMILES string of the molecule is Cc1ccc(C(NC(=O)c2cc3ccccc3c(=O)[nH]2)c2ccccc2)cc1. The Bertz CT molecular complexity index is 1180. The van der Waals surface area contributed by atoms with Crippen molar-refractivity contribution in [2.24, 2.45) is 0 Å². The maximum Gasteiger partial charge on any atom is 0.268 e. The van der Waals surface area contributed by atoms with Gasteiger partial charge in [-0.2, -0.15) is 0 Å². The van der Waals surface area contributed by atoms with E-state index >= 15 is 0 Å². The fourth-order valence-corrected chi connectivity index (χ4v) is 3.31. The van der Waals surface area contributed by atoms with Gasteiger partial charge >= 0.3 is 0 Å². The Balaban J connectivity index is 1.71. The van der Waals surface area contributed by atoms with Gasteiger partial charge in [0.1, 0.15) is 5.69 Å². The third-order valence-electron chi connectivity index (χ3n) is 4.82. The van der Waals surface area contributed by atoms with Crippen LogP contribution in [-0.2, 0) is 0 Å². The first-order valence-corrected chi connectivity index (χ1v) is 9.16. The van der Waals surface area contributed by atoms with E-state index in [1.165, 1.54) is 0 Å². The Morgan fingerprint density at radius 3 is 2.25 bits per heavy atom. The Kier molecular flexibility index (Phi) is 4.77. The Morgan fingerprint density at radius 2 is 1.50 bits per heavy atom. The van der Waals surface area contributed by atoms with E-state index in [9.17, 15) is 9.59 Å². The van der Waals surface area contributed by atoms with E-state index < -0.39 is 0 Å². The number of rotatable bonds is 4. The van der Waals surface area contributed by atoms with Gasteiger partial charge in [0, 0.05) is 5.39 Å². The molecule has 1 amide bonds. The summed E-state index contributed by atoms with van der Waals surface area (Å²) in [6, 6.07) is 26.5. The number of fused-ring (bicyclic) bond motifs is 1. The highest BCUT2D eigenvalue weighted by Gasteiger charge is 2.19. The Labute approximate surface area is 162 Å². The summed E-state index contributed by atoms with van der Waals surface area (Å²) in [5.74, 6) is -0.322. The molecule has 0 saturated heterocycles. The van der Waals surface area contributed by atoms with Gasteiger partial charge in [-0.15, -0.1) is 0 Å². The molecule has 2 N–H and O–H groups in total. The highest BCUT2D eigenvalue weighted by Crippen LogP contribution is 2.23. The van der Waals surface area contributed by atoms with Gasteiger partial charge in [-0.3, -0.25) is 9.59 Å². The number of hydrogen-bond acceptors (Lipinski definition) is 2. The Morgan fingerprint density at radius 1 is 0.857 bits per heavy atom. The number of pyridine rings is 1. The van der Waals surface area contributed by atoms with Crippen molar-refractivity contribution in [3.05, 3.63) is 118 Å². The third-order valence-corrected chi connectivity index (χ3v) is 4.82. The lowest BCUT2D eigenvalue weighted by Gasteiger charge is -2.20. The molecule has 4 nitrogen and oxygen atoms in total. The predicted octanol–water partition coefficient (Wildman–Crippen LogP) is 4.36. The van der Waals surface area contributed by atoms with Crippen LogP contribution in [0.3, 0.4) is 0 Å². The summed E-state index contributed by atoms with van der Waals surface area (Å²) in [5.41, 5.74) is 3.09. The molecular formula is C24H20N2O2. The van der Waals surface area contributed by atoms with Gasteiger partial charge < -0.3 is 10.3 Å². The smallest absolute Gasteiger partial charge is 0.268 e. The molecule has 0 radical (unpaired) electrons. The third kappa shape index (κ3) is 3.58. The minimum Gasteiger partial charge on any atom is -0.340 e. The highest BCUT2D eigenvalue weighted by atomic mass is 16.2. The molecule has 1 aromatic heterocycles. The van der Waals surface area contributed by atoms with E-state index in [4.69, 9.17) is 0 Å². The Hall–Kier alpha value is -3.66. The molecule has 0 saturated carbocycles. The van der Waals surface area contributed by atoms with Crippen LogP contribution in [0.25, 0.3) is 10.8 Å². The molecule has 4 heteroatoms. The van der Waals surface area contributed by atoms with E-state index in [1.54, 1.807) is 18.2 Å². The van der Waals surface area contributed by atoms with Gasteiger partial charge in [0.15, 0.2) is 0 Å². The van der Waals surface area contributed by atoms with Gasteiger partial charge in [-0.25, -0.2) is 0 Å². The fourth-order valence-electron chi connectivity index (χ4n) is 3.31. The van der Waals surface area contributed by atoms with Crippen molar-refractivity contribution in [3.8, 4) is 0 Å². The zero-order valence-electron chi connectivity index (χ0n) is 15.5. The van der Waals surface area contributed by atoms with E-state index in [2.05, 4.69) is 10.3 Å². The number of hydrogen-bond donors (Lipinski definition) is 2. The lowest BCUT2D eigenvalue weighted by molar-refractivity contribution is 0.0938. The monoisotopic (exact) mass is 368 g/mol. The first kappa shape index (κ1) is 17.7. The van der Waals surface area contributed by atoms with Crippen LogP contribution in [0, 0.1) is 6.92 Å². The van der Waals surface area contributed by atoms with Gasteiger partial charge in [-0.05, 0) is 35.6 Å². The summed E-state index contributed by atoms with van der Waals surface area (Å²) >= 11 is 0. The van der Waals surface area contributed by atoms with Crippen LogP contribution in [0.4, 0.5) is 0 Å². The fraction of sp³-hybridized carbons (Fsp3) is 0.0833. The molecule has 0 aliphatic rings. The van der Waals surface area contributed by atoms with Crippen molar-refractivity contribution >= 4 is 16.7 Å². The first-order valence-electron chi connectivity index (χ1n) is 9.16. The van der Waals surface area contributed by atoms with Gasteiger partial charge in [0.2, 0.25) is 0 Å². The molecule has 0 aliphatic heterocycles. The number of benzene rings is 3. The van der Waals surface area contributed by atoms with Crippen LogP contribution in [-0.4, -0.2) is 10.9 Å². The van der Waals surface area contributed by atoms with Crippen molar-refractivity contribution < 1.29 is 4.79 Å². The number of H-pyrrole nitrogens is 1. The molecule has 3 aromatic carbocycles. The van der Waals surface area contributed by atoms with Crippen LogP contribution in [0.1, 0.15) is 33.2 Å². The molecule has 0 spiro atoms. The summed E-state index contributed by atoms with van der Waals surface area (Å²) < 4.78 is 0. The average molecular weight is 368 g/mol. The van der Waals surface area contributed by atoms with Crippen molar-refractivity contribution in [1.29, 1.82) is 0 Å². The van der Waals surface area contributed by atoms with Crippen molar-refractivity contribution in [1.82, 2.24) is 10.3 Å². The van der Waals surface area contributed by atoms with Gasteiger partial charge in [0.05, 0.1) is 6.04 Å². The summed E-state index contributed by atoms with van der Waals surface area (Å²) in [5, 5.41) is 4.37. The second-order valence-electron chi connectivity index (χ2n) is 6.83. The summed E-state index contributed by atoms with van der Waals surface area (Å²) in [7, 11) is 0. The first-order chi connectivity index (χ1) is 13.6. The second kappa shape index (κ2) is 7.53. The lowest BCUT2D eigenvalue weighted by Crippen LogP contribution is -2.31. The van der Waals surface area contributed by atoms with Crippen molar-refractivity contribution in [2.45, 2.75) is 13.0 Å². The zero-order chi connectivity index (χ0) is 19.5. The number of carbonyl (C=O) groups is 1. The van der Waals surface area contributed by atoms with E-state index in [0.29, 0.717) is 5.39 Å². The minimum absolute atomic E-state index is 0.247. The number of carbonyl (C=O) groups excluding carboxylic acids is 1. The molecule has 4 rings (SSSR count). The molecule has 28 heavy (non-hydrogen) atoms. The van der Waals surface area contributed by atoms with Crippen LogP contribution in [0.2, 0.25) is 0 Å². The molecular weight excluding hydrogens is 348 g/mol. The quantitative estimate of drug-likeness (QED) is 0.562. The van der Waals surface area contributed by atoms with Crippen LogP contribution in [0.15, 0.2) is 89.7 Å². The number of aryl methyl sites for hydroxylation is 1. The van der Waals surface area contributed by atoms with E-state index in [0.717, 1.165) is 22.1 Å². The van der Waals surface area contributed by atoms with Gasteiger partial charge in [-0.1, -0.05) is 78.4 Å². The van der Waals surface area contributed by atoms with E-state index in [1.807, 2.05) is 73.7 Å². The normalized spacial score (nSPS) is 11.9. The highest BCUT2D eigenvalue weighted by molar-refractivity contribution is 5.96. The standard InChI is InChI=1S/C24H20N2O2/c1-16-11-13-18(14-12-16)22(17-7-3-2-4-8-17)26-24(28)21-15-19-9-5-6-10-20(19)23(27)25-21/h2-15,22H,1H3,(H,25,27)(H,26,28). The number of nitrogens with one attached hydrogen (secondary N) is 2. The van der Waals surface area contributed by atoms with Crippen LogP contribution >= 0.6 is 0 Å². The zero-order valence-corrected chi connectivity index (χ0v) is 15.5. The molecule has 4 aromatic rings. The molecule has 1 unspecified atom stereocenters. The molecule has 0 aliphatic carbocycles. The summed E-state index contributed by atoms with van der Waals surface area (Å²) in [6.45, 7) is 2.03. The number of aromatic amines is 1. The number of aromatic nitrogens is 1. The molecule has 0 fully saturated rings. The summed E-state index contributed by atoms with van der Waals surface area (Å²) in [4.78, 5) is 28.0. The van der Waals surface area contributed by atoms with Crippen molar-refractivity contribution in [2.75, 3.05) is 0 Å².